The van der Waals surface area contributed by atoms with E-state index in [9.17, 15) is 4.79 Å². The minimum Gasteiger partial charge on any atom is -0.465 e. The predicted octanol–water partition coefficient (Wildman–Crippen LogP) is 2.92. The number of rotatable bonds is 5. The second-order valence-electron chi connectivity index (χ2n) is 3.66. The first-order valence-corrected chi connectivity index (χ1v) is 7.16. The Morgan fingerprint density at radius 2 is 2.11 bits per heavy atom. The third-order valence-electron chi connectivity index (χ3n) is 2.26. The summed E-state index contributed by atoms with van der Waals surface area (Å²) in [5.41, 5.74) is 1.16. The van der Waals surface area contributed by atoms with Crippen molar-refractivity contribution in [2.75, 3.05) is 12.4 Å². The van der Waals surface area contributed by atoms with Crippen LogP contribution in [0.1, 0.15) is 25.5 Å². The zero-order valence-electron chi connectivity index (χ0n) is 10.5. The molecule has 1 aromatic rings. The molecule has 0 aliphatic carbocycles. The van der Waals surface area contributed by atoms with Crippen LogP contribution in [0.3, 0.4) is 0 Å². The number of hydrogen-bond acceptors (Lipinski definition) is 4. The van der Waals surface area contributed by atoms with Gasteiger partial charge < -0.3 is 10.1 Å². The highest BCUT2D eigenvalue weighted by Crippen LogP contribution is 2.13. The van der Waals surface area contributed by atoms with Crippen molar-refractivity contribution < 1.29 is 9.53 Å². The number of benzene rings is 1. The van der Waals surface area contributed by atoms with Crippen molar-refractivity contribution in [1.29, 1.82) is 0 Å². The molecule has 5 heteroatoms. The van der Waals surface area contributed by atoms with Gasteiger partial charge in [-0.15, -0.1) is 0 Å². The maximum Gasteiger partial charge on any atom is 0.316 e. The first-order chi connectivity index (χ1) is 8.63. The SMILES string of the molecule is CCOC(=O)CSC(=S)N[C@H](C)c1ccccc1. The van der Waals surface area contributed by atoms with Crippen LogP contribution >= 0.6 is 24.0 Å². The second kappa shape index (κ2) is 8.11. The molecular weight excluding hydrogens is 266 g/mol. The molecule has 0 aliphatic heterocycles. The summed E-state index contributed by atoms with van der Waals surface area (Å²) >= 11 is 6.47. The molecule has 1 atom stereocenters. The molecule has 0 fully saturated rings. The van der Waals surface area contributed by atoms with E-state index in [1.165, 1.54) is 11.8 Å². The standard InChI is InChI=1S/C13H17NO2S2/c1-3-16-12(15)9-18-13(17)14-10(2)11-7-5-4-6-8-11/h4-8,10H,3,9H2,1-2H3,(H,14,17)/t10-/m1/s1. The van der Waals surface area contributed by atoms with Gasteiger partial charge in [-0.05, 0) is 19.4 Å². The van der Waals surface area contributed by atoms with Crippen LogP contribution in [0, 0.1) is 0 Å². The first kappa shape index (κ1) is 15.0. The van der Waals surface area contributed by atoms with Gasteiger partial charge in [0.2, 0.25) is 0 Å². The second-order valence-corrected chi connectivity index (χ2v) is 5.31. The summed E-state index contributed by atoms with van der Waals surface area (Å²) < 4.78 is 5.45. The molecule has 3 nitrogen and oxygen atoms in total. The Balaban J connectivity index is 2.34. The summed E-state index contributed by atoms with van der Waals surface area (Å²) in [5.74, 6) is 0.0141. The van der Waals surface area contributed by atoms with Crippen LogP contribution in [0.25, 0.3) is 0 Å². The van der Waals surface area contributed by atoms with Crippen molar-refractivity contribution >= 4 is 34.3 Å². The molecule has 98 valence electrons. The Bertz CT molecular complexity index is 395. The average Bonchev–Trinajstić information content (AvgIpc) is 2.38. The van der Waals surface area contributed by atoms with Crippen molar-refractivity contribution in [2.24, 2.45) is 0 Å². The highest BCUT2D eigenvalue weighted by molar-refractivity contribution is 8.23. The maximum atomic E-state index is 11.2. The minimum absolute atomic E-state index is 0.133. The highest BCUT2D eigenvalue weighted by Gasteiger charge is 2.09. The average molecular weight is 283 g/mol. The molecule has 1 aromatic carbocycles. The Morgan fingerprint density at radius 3 is 2.72 bits per heavy atom. The zero-order valence-corrected chi connectivity index (χ0v) is 12.1. The number of esters is 1. The normalized spacial score (nSPS) is 11.7. The van der Waals surface area contributed by atoms with E-state index in [4.69, 9.17) is 17.0 Å². The number of ether oxygens (including phenoxy) is 1. The molecule has 1 rings (SSSR count). The van der Waals surface area contributed by atoms with Gasteiger partial charge in [-0.3, -0.25) is 4.79 Å². The zero-order chi connectivity index (χ0) is 13.4. The highest BCUT2D eigenvalue weighted by atomic mass is 32.2. The molecule has 0 amide bonds. The third kappa shape index (κ3) is 5.51. The lowest BCUT2D eigenvalue weighted by atomic mass is 10.1. The van der Waals surface area contributed by atoms with E-state index in [0.717, 1.165) is 5.56 Å². The minimum atomic E-state index is -0.237. The molecule has 0 bridgehead atoms. The molecule has 0 heterocycles. The van der Waals surface area contributed by atoms with Gasteiger partial charge in [0, 0.05) is 6.04 Å². The first-order valence-electron chi connectivity index (χ1n) is 5.77. The van der Waals surface area contributed by atoms with Gasteiger partial charge in [-0.1, -0.05) is 54.3 Å². The van der Waals surface area contributed by atoms with Crippen LogP contribution in [0.15, 0.2) is 30.3 Å². The quantitative estimate of drug-likeness (QED) is 0.664. The van der Waals surface area contributed by atoms with E-state index in [2.05, 4.69) is 5.32 Å². The summed E-state index contributed by atoms with van der Waals surface area (Å²) in [7, 11) is 0. The molecule has 0 radical (unpaired) electrons. The van der Waals surface area contributed by atoms with E-state index in [1.54, 1.807) is 6.92 Å². The van der Waals surface area contributed by atoms with Crippen LogP contribution in [-0.2, 0) is 9.53 Å². The Kier molecular flexibility index (Phi) is 6.75. The number of carbonyl (C=O) groups excluding carboxylic acids is 1. The van der Waals surface area contributed by atoms with Crippen molar-refractivity contribution in [2.45, 2.75) is 19.9 Å². The molecule has 18 heavy (non-hydrogen) atoms. The lowest BCUT2D eigenvalue weighted by molar-refractivity contribution is -0.139. The van der Waals surface area contributed by atoms with Crippen LogP contribution < -0.4 is 5.32 Å². The topological polar surface area (TPSA) is 38.3 Å². The van der Waals surface area contributed by atoms with Crippen LogP contribution in [0.2, 0.25) is 0 Å². The molecule has 1 N–H and O–H groups in total. The third-order valence-corrected chi connectivity index (χ3v) is 3.49. The Labute approximate surface area is 117 Å². The smallest absolute Gasteiger partial charge is 0.316 e. The molecule has 0 aliphatic rings. The fourth-order valence-corrected chi connectivity index (χ4v) is 2.32. The van der Waals surface area contributed by atoms with E-state index >= 15 is 0 Å². The fraction of sp³-hybridized carbons (Fsp3) is 0.385. The summed E-state index contributed by atoms with van der Waals surface area (Å²) in [4.78, 5) is 11.2. The summed E-state index contributed by atoms with van der Waals surface area (Å²) in [6.45, 7) is 4.23. The summed E-state index contributed by atoms with van der Waals surface area (Å²) in [6.07, 6.45) is 0. The van der Waals surface area contributed by atoms with Gasteiger partial charge in [0.25, 0.3) is 0 Å². The monoisotopic (exact) mass is 283 g/mol. The summed E-state index contributed by atoms with van der Waals surface area (Å²) in [6, 6.07) is 10.2. The van der Waals surface area contributed by atoms with Crippen molar-refractivity contribution in [3.8, 4) is 0 Å². The van der Waals surface area contributed by atoms with E-state index in [0.29, 0.717) is 10.9 Å². The largest absolute Gasteiger partial charge is 0.465 e. The van der Waals surface area contributed by atoms with Crippen LogP contribution in [0.4, 0.5) is 0 Å². The molecule has 0 saturated heterocycles. The van der Waals surface area contributed by atoms with E-state index in [1.807, 2.05) is 37.3 Å². The maximum absolute atomic E-state index is 11.2. The van der Waals surface area contributed by atoms with Crippen molar-refractivity contribution in [1.82, 2.24) is 5.32 Å². The van der Waals surface area contributed by atoms with Gasteiger partial charge in [0.15, 0.2) is 0 Å². The van der Waals surface area contributed by atoms with Gasteiger partial charge >= 0.3 is 5.97 Å². The van der Waals surface area contributed by atoms with Crippen molar-refractivity contribution in [3.63, 3.8) is 0 Å². The molecule has 0 saturated carbocycles. The molecule has 0 aromatic heterocycles. The van der Waals surface area contributed by atoms with E-state index in [-0.39, 0.29) is 17.8 Å². The molecule has 0 spiro atoms. The lowest BCUT2D eigenvalue weighted by Gasteiger charge is -2.15. The van der Waals surface area contributed by atoms with Gasteiger partial charge in [-0.25, -0.2) is 0 Å². The van der Waals surface area contributed by atoms with Gasteiger partial charge in [-0.2, -0.15) is 0 Å². The lowest BCUT2D eigenvalue weighted by Crippen LogP contribution is -2.23. The summed E-state index contributed by atoms with van der Waals surface area (Å²) in [5, 5.41) is 3.18. The van der Waals surface area contributed by atoms with Gasteiger partial charge in [0.1, 0.15) is 4.32 Å². The number of thiocarbonyl (C=S) groups is 1. The van der Waals surface area contributed by atoms with Crippen molar-refractivity contribution in [3.05, 3.63) is 35.9 Å². The number of thioether (sulfide) groups is 1. The predicted molar refractivity (Wildman–Crippen MR) is 79.7 cm³/mol. The Morgan fingerprint density at radius 1 is 1.44 bits per heavy atom. The Hall–Kier alpha value is -1.07. The van der Waals surface area contributed by atoms with Gasteiger partial charge in [0.05, 0.1) is 12.4 Å². The number of hydrogen-bond donors (Lipinski definition) is 1. The number of nitrogens with one attached hydrogen (secondary N) is 1. The van der Waals surface area contributed by atoms with Crippen LogP contribution in [-0.4, -0.2) is 22.6 Å². The fourth-order valence-electron chi connectivity index (χ4n) is 1.37. The van der Waals surface area contributed by atoms with Crippen LogP contribution in [0.5, 0.6) is 0 Å². The van der Waals surface area contributed by atoms with E-state index < -0.39 is 0 Å². The molecular formula is C13H17NO2S2. The molecule has 0 unspecified atom stereocenters. The number of carbonyl (C=O) groups is 1.